The maximum absolute atomic E-state index is 13.8. The third-order valence-electron chi connectivity index (χ3n) is 5.00. The number of benzene rings is 3. The average Bonchev–Trinajstić information content (AvgIpc) is 3.08. The first-order valence-electron chi connectivity index (χ1n) is 9.42. The van der Waals surface area contributed by atoms with E-state index in [0.717, 1.165) is 34.4 Å². The highest BCUT2D eigenvalue weighted by atomic mass is 19.1. The van der Waals surface area contributed by atoms with Crippen molar-refractivity contribution in [2.24, 2.45) is 0 Å². The molecule has 0 spiro atoms. The number of nitrogens with one attached hydrogen (secondary N) is 2. The lowest BCUT2D eigenvalue weighted by Gasteiger charge is -2.15. The summed E-state index contributed by atoms with van der Waals surface area (Å²) in [6.07, 6.45) is 0.370. The maximum atomic E-state index is 13.8. The zero-order chi connectivity index (χ0) is 21.1. The molecule has 0 saturated heterocycles. The lowest BCUT2D eigenvalue weighted by atomic mass is 9.98. The van der Waals surface area contributed by atoms with E-state index in [1.807, 2.05) is 36.4 Å². The summed E-state index contributed by atoms with van der Waals surface area (Å²) < 4.78 is 19.3. The van der Waals surface area contributed by atoms with Gasteiger partial charge in [0.1, 0.15) is 12.4 Å². The second-order valence-electron chi connectivity index (χ2n) is 6.84. The molecule has 0 atom stereocenters. The number of halogens is 1. The van der Waals surface area contributed by atoms with Crippen LogP contribution in [-0.2, 0) is 9.53 Å². The number of hydrogen-bond donors (Lipinski definition) is 2. The van der Waals surface area contributed by atoms with Crippen molar-refractivity contribution in [2.45, 2.75) is 5.92 Å². The van der Waals surface area contributed by atoms with E-state index in [0.29, 0.717) is 5.69 Å². The van der Waals surface area contributed by atoms with E-state index in [-0.39, 0.29) is 18.2 Å². The van der Waals surface area contributed by atoms with Gasteiger partial charge in [-0.25, -0.2) is 9.18 Å². The van der Waals surface area contributed by atoms with Crippen LogP contribution < -0.4 is 10.6 Å². The number of anilines is 2. The summed E-state index contributed by atoms with van der Waals surface area (Å²) in [6.45, 7) is 3.49. The number of amides is 2. The van der Waals surface area contributed by atoms with E-state index in [1.165, 1.54) is 12.1 Å². The molecule has 0 saturated carbocycles. The Hall–Kier alpha value is -3.93. The molecule has 5 nitrogen and oxygen atoms in total. The smallest absolute Gasteiger partial charge is 0.411 e. The van der Waals surface area contributed by atoms with Gasteiger partial charge < -0.3 is 10.1 Å². The van der Waals surface area contributed by atoms with Gasteiger partial charge in [0.25, 0.3) is 0 Å². The van der Waals surface area contributed by atoms with Gasteiger partial charge in [0.05, 0.1) is 5.69 Å². The lowest BCUT2D eigenvalue weighted by Crippen LogP contribution is -2.18. The van der Waals surface area contributed by atoms with Crippen LogP contribution in [0.2, 0.25) is 0 Å². The maximum Gasteiger partial charge on any atom is 0.411 e. The SMILES string of the molecule is C=CC(=O)Nc1cc(NC(=O)OCC2c3ccccc3-c3ccccc32)ccc1F. The Morgan fingerprint density at radius 3 is 2.23 bits per heavy atom. The minimum Gasteiger partial charge on any atom is -0.448 e. The summed E-state index contributed by atoms with van der Waals surface area (Å²) in [5, 5.41) is 4.92. The third-order valence-corrected chi connectivity index (χ3v) is 5.00. The van der Waals surface area contributed by atoms with Gasteiger partial charge in [0.2, 0.25) is 5.91 Å². The highest BCUT2D eigenvalue weighted by molar-refractivity contribution is 5.99. The number of ether oxygens (including phenoxy) is 1. The predicted octanol–water partition coefficient (Wildman–Crippen LogP) is 5.31. The van der Waals surface area contributed by atoms with E-state index in [9.17, 15) is 14.0 Å². The van der Waals surface area contributed by atoms with Crippen LogP contribution in [-0.4, -0.2) is 18.6 Å². The van der Waals surface area contributed by atoms with Gasteiger partial charge in [0.15, 0.2) is 0 Å². The number of carbonyl (C=O) groups is 2. The number of hydrogen-bond acceptors (Lipinski definition) is 3. The monoisotopic (exact) mass is 402 g/mol. The minimum absolute atomic E-state index is 0.0567. The van der Waals surface area contributed by atoms with Crippen molar-refractivity contribution in [3.63, 3.8) is 0 Å². The van der Waals surface area contributed by atoms with Crippen LogP contribution in [0.1, 0.15) is 17.0 Å². The zero-order valence-corrected chi connectivity index (χ0v) is 16.0. The molecule has 1 aliphatic rings. The van der Waals surface area contributed by atoms with Crippen molar-refractivity contribution in [1.82, 2.24) is 0 Å². The Labute approximate surface area is 173 Å². The quantitative estimate of drug-likeness (QED) is 0.568. The molecule has 150 valence electrons. The standard InChI is InChI=1S/C24H19FN2O3/c1-2-23(28)27-22-13-15(11-12-21(22)25)26-24(29)30-14-20-18-9-5-3-7-16(18)17-8-4-6-10-19(17)20/h2-13,20H,1,14H2,(H,26,29)(H,27,28). The van der Waals surface area contributed by atoms with Crippen molar-refractivity contribution < 1.29 is 18.7 Å². The molecule has 30 heavy (non-hydrogen) atoms. The molecule has 3 aromatic carbocycles. The fourth-order valence-electron chi connectivity index (χ4n) is 3.63. The van der Waals surface area contributed by atoms with Crippen molar-refractivity contribution >= 4 is 23.4 Å². The molecule has 0 aliphatic heterocycles. The van der Waals surface area contributed by atoms with Gasteiger partial charge in [-0.05, 0) is 46.5 Å². The van der Waals surface area contributed by atoms with E-state index in [4.69, 9.17) is 4.74 Å². The third kappa shape index (κ3) is 3.80. The molecular formula is C24H19FN2O3. The molecular weight excluding hydrogens is 383 g/mol. The lowest BCUT2D eigenvalue weighted by molar-refractivity contribution is -0.111. The second-order valence-corrected chi connectivity index (χ2v) is 6.84. The summed E-state index contributed by atoms with van der Waals surface area (Å²) in [7, 11) is 0. The van der Waals surface area contributed by atoms with Crippen molar-refractivity contribution in [1.29, 1.82) is 0 Å². The van der Waals surface area contributed by atoms with Crippen LogP contribution in [0.3, 0.4) is 0 Å². The van der Waals surface area contributed by atoms with E-state index in [1.54, 1.807) is 0 Å². The molecule has 2 amide bonds. The minimum atomic E-state index is -0.663. The van der Waals surface area contributed by atoms with E-state index in [2.05, 4.69) is 29.3 Å². The molecule has 0 radical (unpaired) electrons. The van der Waals surface area contributed by atoms with Gasteiger partial charge in [-0.1, -0.05) is 55.1 Å². The normalized spacial score (nSPS) is 11.9. The van der Waals surface area contributed by atoms with Gasteiger partial charge in [-0.3, -0.25) is 10.1 Å². The van der Waals surface area contributed by atoms with E-state index < -0.39 is 17.8 Å². The molecule has 1 aliphatic carbocycles. The predicted molar refractivity (Wildman–Crippen MR) is 114 cm³/mol. The van der Waals surface area contributed by atoms with Crippen LogP contribution in [0.5, 0.6) is 0 Å². The van der Waals surface area contributed by atoms with Gasteiger partial charge in [-0.2, -0.15) is 0 Å². The number of fused-ring (bicyclic) bond motifs is 3. The molecule has 6 heteroatoms. The summed E-state index contributed by atoms with van der Waals surface area (Å²) in [5.41, 5.74) is 4.75. The van der Waals surface area contributed by atoms with E-state index >= 15 is 0 Å². The molecule has 4 rings (SSSR count). The first kappa shape index (κ1) is 19.4. The van der Waals surface area contributed by atoms with Gasteiger partial charge in [0, 0.05) is 11.6 Å². The molecule has 0 bridgehead atoms. The van der Waals surface area contributed by atoms with Crippen molar-refractivity contribution in [3.05, 3.63) is 96.3 Å². The van der Waals surface area contributed by atoms with Crippen LogP contribution in [0, 0.1) is 5.82 Å². The van der Waals surface area contributed by atoms with Gasteiger partial charge in [-0.15, -0.1) is 0 Å². The average molecular weight is 402 g/mol. The fourth-order valence-corrected chi connectivity index (χ4v) is 3.63. The zero-order valence-electron chi connectivity index (χ0n) is 16.0. The summed E-state index contributed by atoms with van der Waals surface area (Å²) >= 11 is 0. The van der Waals surface area contributed by atoms with Gasteiger partial charge >= 0.3 is 6.09 Å². The summed E-state index contributed by atoms with van der Waals surface area (Å²) in [6, 6.07) is 20.0. The molecule has 0 heterocycles. The fraction of sp³-hybridized carbons (Fsp3) is 0.0833. The Kier molecular flexibility index (Phi) is 5.30. The number of rotatable bonds is 5. The largest absolute Gasteiger partial charge is 0.448 e. The summed E-state index contributed by atoms with van der Waals surface area (Å²) in [4.78, 5) is 23.7. The molecule has 3 aromatic rings. The Balaban J connectivity index is 1.45. The Morgan fingerprint density at radius 2 is 1.60 bits per heavy atom. The van der Waals surface area contributed by atoms with Crippen LogP contribution in [0.25, 0.3) is 11.1 Å². The molecule has 2 N–H and O–H groups in total. The highest BCUT2D eigenvalue weighted by Gasteiger charge is 2.29. The Bertz CT molecular complexity index is 1100. The topological polar surface area (TPSA) is 67.4 Å². The van der Waals surface area contributed by atoms with Crippen molar-refractivity contribution in [3.8, 4) is 11.1 Å². The van der Waals surface area contributed by atoms with Crippen LogP contribution >= 0.6 is 0 Å². The molecule has 0 fully saturated rings. The first-order chi connectivity index (χ1) is 14.6. The van der Waals surface area contributed by atoms with Crippen LogP contribution in [0.4, 0.5) is 20.6 Å². The summed E-state index contributed by atoms with van der Waals surface area (Å²) in [5.74, 6) is -1.23. The van der Waals surface area contributed by atoms with Crippen LogP contribution in [0.15, 0.2) is 79.4 Å². The second kappa shape index (κ2) is 8.21. The molecule has 0 unspecified atom stereocenters. The molecule has 0 aromatic heterocycles. The highest BCUT2D eigenvalue weighted by Crippen LogP contribution is 2.44. The number of carbonyl (C=O) groups excluding carboxylic acids is 2. The van der Waals surface area contributed by atoms with Crippen molar-refractivity contribution in [2.75, 3.05) is 17.2 Å². The Morgan fingerprint density at radius 1 is 0.967 bits per heavy atom. The first-order valence-corrected chi connectivity index (χ1v) is 9.42.